The minimum absolute atomic E-state index is 0.522. The molecule has 4 heteroatoms. The standard InChI is InChI=1S/C12H9BrClNO/c1-8-2-4-11(10(14)6-8)16-12-5-3-9(13)7-15-12/h2-7H,1H3. The molecule has 0 atom stereocenters. The minimum Gasteiger partial charge on any atom is -0.437 e. The van der Waals surface area contributed by atoms with Gasteiger partial charge in [-0.2, -0.15) is 0 Å². The Hall–Kier alpha value is -1.06. The number of rotatable bonds is 2. The highest BCUT2D eigenvalue weighted by atomic mass is 79.9. The predicted molar refractivity (Wildman–Crippen MR) is 68.2 cm³/mol. The summed E-state index contributed by atoms with van der Waals surface area (Å²) in [5.74, 6) is 1.14. The van der Waals surface area contributed by atoms with E-state index in [1.165, 1.54) is 0 Å². The summed E-state index contributed by atoms with van der Waals surface area (Å²) >= 11 is 9.36. The lowest BCUT2D eigenvalue weighted by Gasteiger charge is -2.06. The molecule has 0 spiro atoms. The normalized spacial score (nSPS) is 10.2. The fourth-order valence-electron chi connectivity index (χ4n) is 1.22. The van der Waals surface area contributed by atoms with Crippen LogP contribution in [-0.2, 0) is 0 Å². The highest BCUT2D eigenvalue weighted by Gasteiger charge is 2.03. The third-order valence-corrected chi connectivity index (χ3v) is 2.77. The summed E-state index contributed by atoms with van der Waals surface area (Å²) < 4.78 is 6.47. The van der Waals surface area contributed by atoms with Crippen LogP contribution in [0.5, 0.6) is 11.6 Å². The van der Waals surface area contributed by atoms with Crippen LogP contribution in [0.3, 0.4) is 0 Å². The average molecular weight is 299 g/mol. The molecule has 0 radical (unpaired) electrons. The fourth-order valence-corrected chi connectivity index (χ4v) is 1.73. The van der Waals surface area contributed by atoms with Gasteiger partial charge in [0, 0.05) is 16.7 Å². The summed E-state index contributed by atoms with van der Waals surface area (Å²) in [4.78, 5) is 4.11. The third kappa shape index (κ3) is 2.74. The first-order valence-corrected chi connectivity index (χ1v) is 5.88. The zero-order valence-corrected chi connectivity index (χ0v) is 10.9. The van der Waals surface area contributed by atoms with E-state index in [4.69, 9.17) is 16.3 Å². The summed E-state index contributed by atoms with van der Waals surface area (Å²) in [6.45, 7) is 1.98. The molecule has 0 aliphatic rings. The predicted octanol–water partition coefficient (Wildman–Crippen LogP) is 4.60. The molecule has 0 fully saturated rings. The Morgan fingerprint density at radius 2 is 2.06 bits per heavy atom. The zero-order chi connectivity index (χ0) is 11.5. The second-order valence-electron chi connectivity index (χ2n) is 3.35. The maximum absolute atomic E-state index is 6.05. The highest BCUT2D eigenvalue weighted by Crippen LogP contribution is 2.29. The van der Waals surface area contributed by atoms with Crippen molar-refractivity contribution in [3.05, 3.63) is 51.6 Å². The molecule has 0 aliphatic heterocycles. The van der Waals surface area contributed by atoms with Gasteiger partial charge in [-0.3, -0.25) is 0 Å². The van der Waals surface area contributed by atoms with E-state index in [2.05, 4.69) is 20.9 Å². The number of aryl methyl sites for hydroxylation is 1. The molecule has 2 aromatic rings. The number of benzene rings is 1. The molecule has 2 nitrogen and oxygen atoms in total. The second-order valence-corrected chi connectivity index (χ2v) is 4.67. The molecule has 82 valence electrons. The van der Waals surface area contributed by atoms with E-state index >= 15 is 0 Å². The molecule has 1 heterocycles. The number of ether oxygens (including phenoxy) is 1. The van der Waals surface area contributed by atoms with Gasteiger partial charge in [-0.25, -0.2) is 4.98 Å². The van der Waals surface area contributed by atoms with Crippen LogP contribution in [0.4, 0.5) is 0 Å². The lowest BCUT2D eigenvalue weighted by molar-refractivity contribution is 0.463. The van der Waals surface area contributed by atoms with E-state index < -0.39 is 0 Å². The summed E-state index contributed by atoms with van der Waals surface area (Å²) in [7, 11) is 0. The summed E-state index contributed by atoms with van der Waals surface area (Å²) in [5.41, 5.74) is 1.10. The first kappa shape index (κ1) is 11.4. The third-order valence-electron chi connectivity index (χ3n) is 2.00. The van der Waals surface area contributed by atoms with Gasteiger partial charge < -0.3 is 4.74 Å². The molecule has 0 aliphatic carbocycles. The second kappa shape index (κ2) is 4.85. The van der Waals surface area contributed by atoms with Crippen LogP contribution in [0.1, 0.15) is 5.56 Å². The van der Waals surface area contributed by atoms with Crippen molar-refractivity contribution < 1.29 is 4.74 Å². The molecule has 2 rings (SSSR count). The quantitative estimate of drug-likeness (QED) is 0.808. The fraction of sp³-hybridized carbons (Fsp3) is 0.0833. The van der Waals surface area contributed by atoms with Crippen molar-refractivity contribution in [1.82, 2.24) is 4.98 Å². The van der Waals surface area contributed by atoms with Crippen molar-refractivity contribution in [3.63, 3.8) is 0 Å². The van der Waals surface area contributed by atoms with Crippen LogP contribution < -0.4 is 4.74 Å². The number of nitrogens with zero attached hydrogens (tertiary/aromatic N) is 1. The highest BCUT2D eigenvalue weighted by molar-refractivity contribution is 9.10. The molecular weight excluding hydrogens is 289 g/mol. The van der Waals surface area contributed by atoms with Crippen LogP contribution in [0.25, 0.3) is 0 Å². The SMILES string of the molecule is Cc1ccc(Oc2ccc(Br)cn2)c(Cl)c1. The molecule has 16 heavy (non-hydrogen) atoms. The molecule has 0 saturated carbocycles. The van der Waals surface area contributed by atoms with E-state index in [1.54, 1.807) is 12.3 Å². The number of pyridine rings is 1. The van der Waals surface area contributed by atoms with E-state index in [-0.39, 0.29) is 0 Å². The molecule has 1 aromatic heterocycles. The molecule has 1 aromatic carbocycles. The minimum atomic E-state index is 0.522. The monoisotopic (exact) mass is 297 g/mol. The van der Waals surface area contributed by atoms with Crippen molar-refractivity contribution >= 4 is 27.5 Å². The van der Waals surface area contributed by atoms with E-state index in [0.29, 0.717) is 16.7 Å². The molecule has 0 N–H and O–H groups in total. The van der Waals surface area contributed by atoms with Crippen molar-refractivity contribution in [2.24, 2.45) is 0 Å². The van der Waals surface area contributed by atoms with E-state index in [0.717, 1.165) is 10.0 Å². The van der Waals surface area contributed by atoms with Crippen LogP contribution in [0.2, 0.25) is 5.02 Å². The molecule has 0 unspecified atom stereocenters. The number of hydrogen-bond donors (Lipinski definition) is 0. The maximum atomic E-state index is 6.05. The summed E-state index contributed by atoms with van der Waals surface area (Å²) in [5, 5.41) is 0.588. The van der Waals surface area contributed by atoms with Crippen LogP contribution in [0, 0.1) is 6.92 Å². The first-order valence-electron chi connectivity index (χ1n) is 4.71. The Morgan fingerprint density at radius 3 is 2.69 bits per heavy atom. The Balaban J connectivity index is 2.23. The van der Waals surface area contributed by atoms with Gasteiger partial charge in [0.1, 0.15) is 5.75 Å². The van der Waals surface area contributed by atoms with Gasteiger partial charge in [0.2, 0.25) is 5.88 Å². The van der Waals surface area contributed by atoms with E-state index in [9.17, 15) is 0 Å². The molecule has 0 saturated heterocycles. The number of aromatic nitrogens is 1. The van der Waals surface area contributed by atoms with Gasteiger partial charge in [0.05, 0.1) is 5.02 Å². The lowest BCUT2D eigenvalue weighted by atomic mass is 10.2. The molecule has 0 amide bonds. The van der Waals surface area contributed by atoms with Gasteiger partial charge in [-0.15, -0.1) is 0 Å². The van der Waals surface area contributed by atoms with Crippen molar-refractivity contribution in [2.45, 2.75) is 6.92 Å². The van der Waals surface area contributed by atoms with Gasteiger partial charge in [-0.05, 0) is 46.6 Å². The Morgan fingerprint density at radius 1 is 1.25 bits per heavy atom. The van der Waals surface area contributed by atoms with Crippen molar-refractivity contribution in [3.8, 4) is 11.6 Å². The summed E-state index contributed by atoms with van der Waals surface area (Å²) in [6.07, 6.45) is 1.68. The Labute approximate surface area is 107 Å². The van der Waals surface area contributed by atoms with Gasteiger partial charge >= 0.3 is 0 Å². The Kier molecular flexibility index (Phi) is 3.46. The molecular formula is C12H9BrClNO. The lowest BCUT2D eigenvalue weighted by Crippen LogP contribution is -1.88. The average Bonchev–Trinajstić information content (AvgIpc) is 2.25. The van der Waals surface area contributed by atoms with Crippen LogP contribution >= 0.6 is 27.5 Å². The Bertz CT molecular complexity index is 499. The smallest absolute Gasteiger partial charge is 0.219 e. The van der Waals surface area contributed by atoms with Gasteiger partial charge in [0.15, 0.2) is 0 Å². The van der Waals surface area contributed by atoms with E-state index in [1.807, 2.05) is 31.2 Å². The maximum Gasteiger partial charge on any atom is 0.219 e. The van der Waals surface area contributed by atoms with Crippen molar-refractivity contribution in [1.29, 1.82) is 0 Å². The van der Waals surface area contributed by atoms with Crippen LogP contribution in [0.15, 0.2) is 41.0 Å². The topological polar surface area (TPSA) is 22.1 Å². The van der Waals surface area contributed by atoms with Crippen molar-refractivity contribution in [2.75, 3.05) is 0 Å². The summed E-state index contributed by atoms with van der Waals surface area (Å²) in [6, 6.07) is 9.28. The zero-order valence-electron chi connectivity index (χ0n) is 8.58. The first-order chi connectivity index (χ1) is 7.65. The largest absolute Gasteiger partial charge is 0.437 e. The van der Waals surface area contributed by atoms with Gasteiger partial charge in [-0.1, -0.05) is 17.7 Å². The number of hydrogen-bond acceptors (Lipinski definition) is 2. The number of halogens is 2. The van der Waals surface area contributed by atoms with Gasteiger partial charge in [0.25, 0.3) is 0 Å². The molecule has 0 bridgehead atoms. The van der Waals surface area contributed by atoms with Crippen LogP contribution in [-0.4, -0.2) is 4.98 Å².